The van der Waals surface area contributed by atoms with Crippen LogP contribution < -0.4 is 10.6 Å². The van der Waals surface area contributed by atoms with Crippen molar-refractivity contribution in [2.75, 3.05) is 6.54 Å². The van der Waals surface area contributed by atoms with E-state index in [2.05, 4.69) is 10.6 Å². The molecule has 0 spiro atoms. The highest BCUT2D eigenvalue weighted by Crippen LogP contribution is 2.42. The molecule has 5 nitrogen and oxygen atoms in total. The van der Waals surface area contributed by atoms with Gasteiger partial charge < -0.3 is 15.5 Å². The molecule has 1 aliphatic carbocycles. The fourth-order valence-corrected chi connectivity index (χ4v) is 3.76. The van der Waals surface area contributed by atoms with Crippen molar-refractivity contribution in [2.24, 2.45) is 5.92 Å². The van der Waals surface area contributed by atoms with Crippen molar-refractivity contribution >= 4 is 11.9 Å². The van der Waals surface area contributed by atoms with Gasteiger partial charge >= 0.3 is 6.03 Å². The monoisotopic (exact) mass is 319 g/mol. The van der Waals surface area contributed by atoms with Crippen LogP contribution in [-0.2, 0) is 11.3 Å². The Morgan fingerprint density at radius 1 is 1.22 bits per heavy atom. The summed E-state index contributed by atoms with van der Waals surface area (Å²) in [4.78, 5) is 26.6. The summed E-state index contributed by atoms with van der Waals surface area (Å²) in [7, 11) is 0. The Hall–Kier alpha value is -2.11. The number of nitrogens with zero attached hydrogens (tertiary/aromatic N) is 1. The zero-order valence-corrected chi connectivity index (χ0v) is 13.2. The number of nitrogens with one attached hydrogen (secondary N) is 2. The molecule has 23 heavy (non-hydrogen) atoms. The van der Waals surface area contributed by atoms with E-state index >= 15 is 0 Å². The minimum Gasteiger partial charge on any atom is -0.350 e. The predicted octanol–water partition coefficient (Wildman–Crippen LogP) is 2.02. The summed E-state index contributed by atoms with van der Waals surface area (Å²) in [5.41, 5.74) is 0.840. The Kier molecular flexibility index (Phi) is 4.50. The van der Waals surface area contributed by atoms with Crippen molar-refractivity contribution in [1.29, 1.82) is 0 Å². The van der Waals surface area contributed by atoms with Crippen LogP contribution in [0, 0.1) is 11.7 Å². The Morgan fingerprint density at radius 3 is 2.65 bits per heavy atom. The molecular formula is C17H22FN3O2. The average molecular weight is 319 g/mol. The van der Waals surface area contributed by atoms with E-state index in [1.165, 1.54) is 12.1 Å². The minimum absolute atomic E-state index is 0.118. The van der Waals surface area contributed by atoms with Crippen molar-refractivity contribution in [1.82, 2.24) is 15.5 Å². The summed E-state index contributed by atoms with van der Waals surface area (Å²) in [6.45, 7) is 2.77. The quantitative estimate of drug-likeness (QED) is 0.892. The first-order valence-corrected chi connectivity index (χ1v) is 8.18. The molecule has 124 valence electrons. The van der Waals surface area contributed by atoms with E-state index in [4.69, 9.17) is 0 Å². The van der Waals surface area contributed by atoms with Gasteiger partial charge in [0.05, 0.1) is 0 Å². The molecule has 1 aliphatic heterocycles. The first kappa shape index (κ1) is 15.8. The van der Waals surface area contributed by atoms with E-state index in [1.807, 2.05) is 6.92 Å². The molecule has 1 saturated heterocycles. The van der Waals surface area contributed by atoms with Gasteiger partial charge in [-0.05, 0) is 49.8 Å². The van der Waals surface area contributed by atoms with Crippen molar-refractivity contribution in [3.05, 3.63) is 35.6 Å². The molecule has 1 aromatic rings. The van der Waals surface area contributed by atoms with Gasteiger partial charge in [-0.15, -0.1) is 0 Å². The summed E-state index contributed by atoms with van der Waals surface area (Å²) in [5.74, 6) is -0.167. The van der Waals surface area contributed by atoms with Crippen LogP contribution in [0.1, 0.15) is 31.7 Å². The molecule has 2 aliphatic rings. The number of benzene rings is 1. The summed E-state index contributed by atoms with van der Waals surface area (Å²) in [6.07, 6.45) is 2.88. The molecular weight excluding hydrogens is 297 g/mol. The fourth-order valence-electron chi connectivity index (χ4n) is 3.76. The van der Waals surface area contributed by atoms with Gasteiger partial charge in [-0.25, -0.2) is 9.18 Å². The third-order valence-electron chi connectivity index (χ3n) is 4.80. The normalized spacial score (nSPS) is 25.5. The van der Waals surface area contributed by atoms with E-state index in [-0.39, 0.29) is 35.8 Å². The fraction of sp³-hybridized carbons (Fsp3) is 0.529. The van der Waals surface area contributed by atoms with Crippen molar-refractivity contribution < 1.29 is 14.0 Å². The van der Waals surface area contributed by atoms with Gasteiger partial charge in [0.15, 0.2) is 0 Å². The topological polar surface area (TPSA) is 61.4 Å². The molecule has 2 bridgehead atoms. The van der Waals surface area contributed by atoms with Crippen molar-refractivity contribution in [3.63, 3.8) is 0 Å². The molecule has 1 heterocycles. The summed E-state index contributed by atoms with van der Waals surface area (Å²) in [6, 6.07) is 5.69. The Balaban J connectivity index is 1.65. The lowest BCUT2D eigenvalue weighted by atomic mass is 9.98. The SMILES string of the molecule is CCNC(=O)N1[C@H]2CC[C@@H](C2)[C@@H]1C(=O)NCc1ccc(F)cc1. The van der Waals surface area contributed by atoms with Crippen LogP contribution in [0.2, 0.25) is 0 Å². The zero-order chi connectivity index (χ0) is 16.4. The van der Waals surface area contributed by atoms with Gasteiger partial charge in [-0.1, -0.05) is 12.1 Å². The maximum Gasteiger partial charge on any atom is 0.318 e. The second-order valence-corrected chi connectivity index (χ2v) is 6.26. The molecule has 1 aromatic carbocycles. The highest BCUT2D eigenvalue weighted by molar-refractivity contribution is 5.88. The van der Waals surface area contributed by atoms with Crippen molar-refractivity contribution in [3.8, 4) is 0 Å². The third kappa shape index (κ3) is 3.16. The van der Waals surface area contributed by atoms with Crippen LogP contribution in [0.25, 0.3) is 0 Å². The van der Waals surface area contributed by atoms with Gasteiger partial charge in [0.1, 0.15) is 11.9 Å². The van der Waals surface area contributed by atoms with E-state index in [9.17, 15) is 14.0 Å². The van der Waals surface area contributed by atoms with E-state index in [1.54, 1.807) is 17.0 Å². The molecule has 1 saturated carbocycles. The highest BCUT2D eigenvalue weighted by Gasteiger charge is 2.51. The second-order valence-electron chi connectivity index (χ2n) is 6.26. The number of piperidine rings is 1. The number of carbonyl (C=O) groups is 2. The van der Waals surface area contributed by atoms with E-state index in [0.29, 0.717) is 13.1 Å². The Bertz CT molecular complexity index is 590. The van der Waals surface area contributed by atoms with Gasteiger partial charge in [0, 0.05) is 19.1 Å². The minimum atomic E-state index is -0.388. The van der Waals surface area contributed by atoms with E-state index < -0.39 is 0 Å². The molecule has 0 radical (unpaired) electrons. The standard InChI is InChI=1S/C17H22FN3O2/c1-2-19-17(23)21-14-8-5-12(9-14)15(21)16(22)20-10-11-3-6-13(18)7-4-11/h3-4,6-7,12,14-15H,2,5,8-10H2,1H3,(H,19,23)(H,20,22)/t12-,14-,15+/m0/s1. The second kappa shape index (κ2) is 6.56. The molecule has 6 heteroatoms. The number of hydrogen-bond donors (Lipinski definition) is 2. The van der Waals surface area contributed by atoms with Crippen LogP contribution in [0.4, 0.5) is 9.18 Å². The summed E-state index contributed by atoms with van der Waals surface area (Å²) in [5, 5.41) is 5.69. The molecule has 0 aromatic heterocycles. The molecule has 3 atom stereocenters. The Labute approximate surface area is 135 Å². The smallest absolute Gasteiger partial charge is 0.318 e. The number of halogens is 1. The molecule has 2 fully saturated rings. The summed E-state index contributed by atoms with van der Waals surface area (Å²) < 4.78 is 12.9. The van der Waals surface area contributed by atoms with Crippen LogP contribution in [-0.4, -0.2) is 35.5 Å². The first-order valence-electron chi connectivity index (χ1n) is 8.18. The third-order valence-corrected chi connectivity index (χ3v) is 4.80. The van der Waals surface area contributed by atoms with Gasteiger partial charge in [0.2, 0.25) is 5.91 Å². The lowest BCUT2D eigenvalue weighted by Crippen LogP contribution is -2.55. The van der Waals surface area contributed by atoms with Crippen LogP contribution in [0.15, 0.2) is 24.3 Å². The molecule has 0 unspecified atom stereocenters. The van der Waals surface area contributed by atoms with Gasteiger partial charge in [-0.3, -0.25) is 4.79 Å². The van der Waals surface area contributed by atoms with Gasteiger partial charge in [0.25, 0.3) is 0 Å². The van der Waals surface area contributed by atoms with Crippen LogP contribution >= 0.6 is 0 Å². The first-order chi connectivity index (χ1) is 11.1. The molecule has 3 amide bonds. The molecule has 3 rings (SSSR count). The lowest BCUT2D eigenvalue weighted by Gasteiger charge is -2.34. The number of carbonyl (C=O) groups excluding carboxylic acids is 2. The highest BCUT2D eigenvalue weighted by atomic mass is 19.1. The van der Waals surface area contributed by atoms with Crippen LogP contribution in [0.3, 0.4) is 0 Å². The number of urea groups is 1. The number of fused-ring (bicyclic) bond motifs is 2. The maximum atomic E-state index is 12.9. The average Bonchev–Trinajstić information content (AvgIpc) is 3.15. The maximum absolute atomic E-state index is 12.9. The zero-order valence-electron chi connectivity index (χ0n) is 13.2. The van der Waals surface area contributed by atoms with Crippen molar-refractivity contribution in [2.45, 2.75) is 44.8 Å². The van der Waals surface area contributed by atoms with Gasteiger partial charge in [-0.2, -0.15) is 0 Å². The van der Waals surface area contributed by atoms with E-state index in [0.717, 1.165) is 24.8 Å². The number of hydrogen-bond acceptors (Lipinski definition) is 2. The Morgan fingerprint density at radius 2 is 1.96 bits per heavy atom. The summed E-state index contributed by atoms with van der Waals surface area (Å²) >= 11 is 0. The van der Waals surface area contributed by atoms with Crippen LogP contribution in [0.5, 0.6) is 0 Å². The number of amides is 3. The number of likely N-dealkylation sites (tertiary alicyclic amines) is 1. The number of rotatable bonds is 4. The largest absolute Gasteiger partial charge is 0.350 e. The molecule has 2 N–H and O–H groups in total. The predicted molar refractivity (Wildman–Crippen MR) is 84.1 cm³/mol. The lowest BCUT2D eigenvalue weighted by molar-refractivity contribution is -0.127.